The van der Waals surface area contributed by atoms with E-state index in [1.165, 1.54) is 36.2 Å². The minimum Gasteiger partial charge on any atom is -0.366 e. The molecule has 0 radical (unpaired) electrons. The van der Waals surface area contributed by atoms with Gasteiger partial charge < -0.3 is 15.2 Å². The second-order valence-electron chi connectivity index (χ2n) is 8.22. The number of carbonyl (C=O) groups is 1. The Kier molecular flexibility index (Phi) is 5.12. The standard InChI is InChI=1S/C24H29N3O/c1-17(2)27-22-9-8-20(24(25)28)15-21(22)16-23(27)26-12-10-19(11-13-26)14-18-6-4-3-5-7-18/h3-9,15-17,19H,10-14H2,1-2H3,(H2,25,28). The Hall–Kier alpha value is -2.75. The Morgan fingerprint density at radius 1 is 1.07 bits per heavy atom. The fraction of sp³-hybridized carbons (Fsp3) is 0.375. The molecule has 0 spiro atoms. The van der Waals surface area contributed by atoms with E-state index in [2.05, 4.69) is 59.7 Å². The molecule has 1 aliphatic heterocycles. The molecule has 4 rings (SSSR count). The van der Waals surface area contributed by atoms with E-state index in [0.717, 1.165) is 24.4 Å². The molecule has 4 nitrogen and oxygen atoms in total. The number of nitrogens with zero attached hydrogens (tertiary/aromatic N) is 2. The largest absolute Gasteiger partial charge is 0.366 e. The number of hydrogen-bond acceptors (Lipinski definition) is 2. The summed E-state index contributed by atoms with van der Waals surface area (Å²) in [7, 11) is 0. The van der Waals surface area contributed by atoms with E-state index in [1.54, 1.807) is 0 Å². The Morgan fingerprint density at radius 3 is 2.43 bits per heavy atom. The Morgan fingerprint density at radius 2 is 1.79 bits per heavy atom. The molecule has 28 heavy (non-hydrogen) atoms. The second kappa shape index (κ2) is 7.70. The van der Waals surface area contributed by atoms with Gasteiger partial charge in [0.1, 0.15) is 5.82 Å². The van der Waals surface area contributed by atoms with Gasteiger partial charge in [0, 0.05) is 35.6 Å². The first kappa shape index (κ1) is 18.6. The van der Waals surface area contributed by atoms with E-state index in [1.807, 2.05) is 18.2 Å². The summed E-state index contributed by atoms with van der Waals surface area (Å²) < 4.78 is 2.39. The lowest BCUT2D eigenvalue weighted by molar-refractivity contribution is 0.100. The van der Waals surface area contributed by atoms with Crippen molar-refractivity contribution in [3.05, 3.63) is 65.7 Å². The van der Waals surface area contributed by atoms with Crippen LogP contribution in [0, 0.1) is 5.92 Å². The fourth-order valence-corrected chi connectivity index (χ4v) is 4.47. The van der Waals surface area contributed by atoms with Crippen molar-refractivity contribution in [3.63, 3.8) is 0 Å². The average molecular weight is 376 g/mol. The summed E-state index contributed by atoms with van der Waals surface area (Å²) in [5.74, 6) is 1.63. The summed E-state index contributed by atoms with van der Waals surface area (Å²) in [4.78, 5) is 14.1. The third-order valence-electron chi connectivity index (χ3n) is 5.93. The lowest BCUT2D eigenvalue weighted by Crippen LogP contribution is -2.35. The molecule has 0 atom stereocenters. The molecule has 0 saturated carbocycles. The molecule has 2 heterocycles. The fourth-order valence-electron chi connectivity index (χ4n) is 4.47. The SMILES string of the molecule is CC(C)n1c(N2CCC(Cc3ccccc3)CC2)cc2cc(C(N)=O)ccc21. The number of nitrogens with two attached hydrogens (primary N) is 1. The van der Waals surface area contributed by atoms with Crippen molar-refractivity contribution < 1.29 is 4.79 Å². The molecule has 146 valence electrons. The number of aromatic nitrogens is 1. The van der Waals surface area contributed by atoms with Gasteiger partial charge in [0.15, 0.2) is 0 Å². The molecule has 1 amide bonds. The molecule has 0 unspecified atom stereocenters. The van der Waals surface area contributed by atoms with Gasteiger partial charge in [-0.25, -0.2) is 0 Å². The van der Waals surface area contributed by atoms with Gasteiger partial charge in [0.05, 0.1) is 0 Å². The molecule has 3 aromatic rings. The predicted octanol–water partition coefficient (Wildman–Crippen LogP) is 4.78. The van der Waals surface area contributed by atoms with Crippen LogP contribution in [-0.4, -0.2) is 23.6 Å². The second-order valence-corrected chi connectivity index (χ2v) is 8.22. The molecule has 0 aliphatic carbocycles. The van der Waals surface area contributed by atoms with Gasteiger partial charge in [-0.05, 0) is 68.9 Å². The molecule has 1 aliphatic rings. The number of primary amides is 1. The van der Waals surface area contributed by atoms with E-state index in [0.29, 0.717) is 11.6 Å². The highest BCUT2D eigenvalue weighted by Gasteiger charge is 2.23. The Balaban J connectivity index is 1.55. The van der Waals surface area contributed by atoms with Gasteiger partial charge >= 0.3 is 0 Å². The van der Waals surface area contributed by atoms with E-state index in [9.17, 15) is 4.79 Å². The lowest BCUT2D eigenvalue weighted by Gasteiger charge is -2.35. The van der Waals surface area contributed by atoms with Crippen LogP contribution in [0.1, 0.15) is 48.7 Å². The van der Waals surface area contributed by atoms with Crippen molar-refractivity contribution >= 4 is 22.6 Å². The molecule has 2 aromatic carbocycles. The van der Waals surface area contributed by atoms with Crippen molar-refractivity contribution in [2.24, 2.45) is 11.7 Å². The van der Waals surface area contributed by atoms with E-state index >= 15 is 0 Å². The Labute approximate surface area is 166 Å². The van der Waals surface area contributed by atoms with Crippen LogP contribution in [-0.2, 0) is 6.42 Å². The smallest absolute Gasteiger partial charge is 0.248 e. The van der Waals surface area contributed by atoms with Crippen molar-refractivity contribution in [3.8, 4) is 0 Å². The van der Waals surface area contributed by atoms with Gasteiger partial charge in [-0.1, -0.05) is 30.3 Å². The number of carbonyl (C=O) groups excluding carboxylic acids is 1. The number of anilines is 1. The van der Waals surface area contributed by atoms with Crippen molar-refractivity contribution in [2.45, 2.75) is 39.2 Å². The maximum atomic E-state index is 11.6. The van der Waals surface area contributed by atoms with Crippen LogP contribution in [0.4, 0.5) is 5.82 Å². The number of fused-ring (bicyclic) bond motifs is 1. The van der Waals surface area contributed by atoms with Gasteiger partial charge in [0.2, 0.25) is 5.91 Å². The highest BCUT2D eigenvalue weighted by Crippen LogP contribution is 2.33. The van der Waals surface area contributed by atoms with Gasteiger partial charge in [-0.15, -0.1) is 0 Å². The maximum Gasteiger partial charge on any atom is 0.248 e. The highest BCUT2D eigenvalue weighted by molar-refractivity contribution is 5.98. The molecule has 1 fully saturated rings. The lowest BCUT2D eigenvalue weighted by atomic mass is 9.90. The summed E-state index contributed by atoms with van der Waals surface area (Å²) in [6, 6.07) is 19.2. The minimum atomic E-state index is -0.373. The van der Waals surface area contributed by atoms with Crippen molar-refractivity contribution in [1.82, 2.24) is 4.57 Å². The molecular weight excluding hydrogens is 346 g/mol. The third kappa shape index (κ3) is 3.64. The van der Waals surface area contributed by atoms with Crippen LogP contribution in [0.15, 0.2) is 54.6 Å². The summed E-state index contributed by atoms with van der Waals surface area (Å²) in [5.41, 5.74) is 8.65. The summed E-state index contributed by atoms with van der Waals surface area (Å²) >= 11 is 0. The van der Waals surface area contributed by atoms with Crippen molar-refractivity contribution in [1.29, 1.82) is 0 Å². The van der Waals surface area contributed by atoms with Crippen molar-refractivity contribution in [2.75, 3.05) is 18.0 Å². The first-order chi connectivity index (χ1) is 13.5. The highest BCUT2D eigenvalue weighted by atomic mass is 16.1. The summed E-state index contributed by atoms with van der Waals surface area (Å²) in [6.45, 7) is 6.58. The monoisotopic (exact) mass is 375 g/mol. The van der Waals surface area contributed by atoms with Gasteiger partial charge in [0.25, 0.3) is 0 Å². The zero-order chi connectivity index (χ0) is 19.7. The number of amides is 1. The number of benzene rings is 2. The zero-order valence-electron chi connectivity index (χ0n) is 16.8. The van der Waals surface area contributed by atoms with Gasteiger partial charge in [-0.2, -0.15) is 0 Å². The molecule has 1 saturated heterocycles. The summed E-state index contributed by atoms with van der Waals surface area (Å²) in [6.07, 6.45) is 3.59. The molecule has 4 heteroatoms. The van der Waals surface area contributed by atoms with E-state index in [-0.39, 0.29) is 5.91 Å². The van der Waals surface area contributed by atoms with Crippen LogP contribution in [0.25, 0.3) is 10.9 Å². The molecule has 2 N–H and O–H groups in total. The van der Waals surface area contributed by atoms with E-state index in [4.69, 9.17) is 5.73 Å². The first-order valence-electron chi connectivity index (χ1n) is 10.3. The van der Waals surface area contributed by atoms with Crippen LogP contribution in [0.5, 0.6) is 0 Å². The van der Waals surface area contributed by atoms with Crippen LogP contribution >= 0.6 is 0 Å². The first-order valence-corrected chi connectivity index (χ1v) is 10.3. The van der Waals surface area contributed by atoms with E-state index < -0.39 is 0 Å². The minimum absolute atomic E-state index is 0.356. The number of rotatable bonds is 5. The van der Waals surface area contributed by atoms with Gasteiger partial charge in [-0.3, -0.25) is 4.79 Å². The molecular formula is C24H29N3O. The Bertz CT molecular complexity index is 966. The number of hydrogen-bond donors (Lipinski definition) is 1. The maximum absolute atomic E-state index is 11.6. The quantitative estimate of drug-likeness (QED) is 0.698. The summed E-state index contributed by atoms with van der Waals surface area (Å²) in [5, 5.41) is 1.09. The third-order valence-corrected chi connectivity index (χ3v) is 5.93. The zero-order valence-corrected chi connectivity index (χ0v) is 16.8. The molecule has 0 bridgehead atoms. The van der Waals surface area contributed by atoms with Crippen LogP contribution in [0.2, 0.25) is 0 Å². The normalized spacial score (nSPS) is 15.5. The van der Waals surface area contributed by atoms with Crippen LogP contribution < -0.4 is 10.6 Å². The average Bonchev–Trinajstić information content (AvgIpc) is 3.08. The van der Waals surface area contributed by atoms with Crippen LogP contribution in [0.3, 0.4) is 0 Å². The number of piperidine rings is 1. The molecule has 1 aromatic heterocycles. The topological polar surface area (TPSA) is 51.3 Å². The predicted molar refractivity (Wildman–Crippen MR) is 116 cm³/mol.